The Morgan fingerprint density at radius 1 is 1.06 bits per heavy atom. The molecule has 0 amide bonds. The fourth-order valence-corrected chi connectivity index (χ4v) is 4.12. The molecule has 4 rings (SSSR count). The maximum absolute atomic E-state index is 10.6. The summed E-state index contributed by atoms with van der Waals surface area (Å²) in [5, 5.41) is 18.6. The predicted octanol–water partition coefficient (Wildman–Crippen LogP) is 3.94. The van der Waals surface area contributed by atoms with Crippen molar-refractivity contribution in [1.29, 1.82) is 0 Å². The number of aliphatic carboxylic acids is 2. The molecule has 0 radical (unpaired) electrons. The zero-order valence-corrected chi connectivity index (χ0v) is 19.2. The molecule has 36 heavy (non-hydrogen) atoms. The van der Waals surface area contributed by atoms with Crippen LogP contribution in [0.5, 0.6) is 5.75 Å². The van der Waals surface area contributed by atoms with Gasteiger partial charge >= 0.3 is 24.3 Å². The average Bonchev–Trinajstić information content (AvgIpc) is 3.51. The molecule has 2 aliphatic heterocycles. The van der Waals surface area contributed by atoms with Gasteiger partial charge < -0.3 is 19.7 Å². The largest absolute Gasteiger partial charge is 0.493 e. The lowest BCUT2D eigenvalue weighted by Gasteiger charge is -2.19. The Balaban J connectivity index is 0.000000271. The first-order chi connectivity index (χ1) is 16.8. The number of pyridine rings is 1. The minimum Gasteiger partial charge on any atom is -0.493 e. The van der Waals surface area contributed by atoms with E-state index >= 15 is 0 Å². The van der Waals surface area contributed by atoms with E-state index in [2.05, 4.69) is 26.7 Å². The highest BCUT2D eigenvalue weighted by Crippen LogP contribution is 2.34. The summed E-state index contributed by atoms with van der Waals surface area (Å²) in [5.74, 6) is -3.53. The lowest BCUT2D eigenvalue weighted by molar-refractivity contribution is -0.193. The second-order valence-corrected chi connectivity index (χ2v) is 8.50. The van der Waals surface area contributed by atoms with Crippen molar-refractivity contribution in [3.05, 3.63) is 46.9 Å². The molecule has 0 aliphatic carbocycles. The number of fused-ring (bicyclic) bond motifs is 1. The Morgan fingerprint density at radius 2 is 1.64 bits per heavy atom. The lowest BCUT2D eigenvalue weighted by Crippen LogP contribution is -2.26. The third kappa shape index (κ3) is 9.62. The maximum Gasteiger partial charge on any atom is 0.490 e. The zero-order valence-electron chi connectivity index (χ0n) is 18.4. The number of rotatable bonds is 5. The van der Waals surface area contributed by atoms with Crippen LogP contribution in [-0.2, 0) is 20.9 Å². The van der Waals surface area contributed by atoms with Gasteiger partial charge in [0.1, 0.15) is 5.75 Å². The first-order valence-electron chi connectivity index (χ1n) is 10.3. The highest BCUT2D eigenvalue weighted by Gasteiger charge is 2.44. The molecule has 2 N–H and O–H groups in total. The van der Waals surface area contributed by atoms with E-state index in [-0.39, 0.29) is 0 Å². The number of hydrogen-bond acceptors (Lipinski definition) is 7. The highest BCUT2D eigenvalue weighted by molar-refractivity contribution is 7.07. The number of thiophene rings is 1. The Labute approximate surface area is 205 Å². The standard InChI is InChI=1S/C17H20N2O2S.2C2HF3O2/c1-4-18-5-2-15(1)20-10-14-11-21-17-9-19(8-16(14)17)7-13-3-6-22-12-13;2*3-2(4,5)1(6)7/h1-6,12,14,16-17H,7-11H2;2*(H,6,7)/t14-,16-,17-;;/m1../s1. The van der Waals surface area contributed by atoms with Gasteiger partial charge in [0.25, 0.3) is 0 Å². The van der Waals surface area contributed by atoms with Crippen molar-refractivity contribution in [2.24, 2.45) is 11.8 Å². The third-order valence-corrected chi connectivity index (χ3v) is 5.83. The second kappa shape index (κ2) is 12.9. The van der Waals surface area contributed by atoms with Crippen LogP contribution in [0.25, 0.3) is 0 Å². The van der Waals surface area contributed by atoms with Gasteiger partial charge in [-0.2, -0.15) is 37.7 Å². The topological polar surface area (TPSA) is 109 Å². The van der Waals surface area contributed by atoms with E-state index in [1.54, 1.807) is 23.7 Å². The summed E-state index contributed by atoms with van der Waals surface area (Å²) in [6.07, 6.45) is -6.26. The van der Waals surface area contributed by atoms with Gasteiger partial charge in [0.15, 0.2) is 0 Å². The highest BCUT2D eigenvalue weighted by atomic mass is 32.1. The van der Waals surface area contributed by atoms with Crippen LogP contribution in [0.4, 0.5) is 26.3 Å². The molecule has 0 spiro atoms. The molecule has 4 heterocycles. The molecule has 2 aliphatic rings. The van der Waals surface area contributed by atoms with E-state index in [0.29, 0.717) is 17.9 Å². The fourth-order valence-electron chi connectivity index (χ4n) is 3.46. The Bertz CT molecular complexity index is 934. The van der Waals surface area contributed by atoms with Gasteiger partial charge in [0.2, 0.25) is 0 Å². The predicted molar refractivity (Wildman–Crippen MR) is 113 cm³/mol. The number of ether oxygens (including phenoxy) is 2. The van der Waals surface area contributed by atoms with Crippen LogP contribution in [0.2, 0.25) is 0 Å². The van der Waals surface area contributed by atoms with Crippen molar-refractivity contribution >= 4 is 23.3 Å². The molecule has 3 atom stereocenters. The van der Waals surface area contributed by atoms with Crippen LogP contribution in [-0.4, -0.2) is 76.8 Å². The van der Waals surface area contributed by atoms with E-state index in [1.165, 1.54) is 5.56 Å². The monoisotopic (exact) mass is 544 g/mol. The SMILES string of the molecule is O=C(O)C(F)(F)F.O=C(O)C(F)(F)F.c1cc(OC[C@@H]2CO[C@@H]3CN(Cc4ccsc4)C[C@H]23)ccn1. The lowest BCUT2D eigenvalue weighted by atomic mass is 9.94. The Morgan fingerprint density at radius 3 is 2.14 bits per heavy atom. The number of likely N-dealkylation sites (tertiary alicyclic amines) is 1. The second-order valence-electron chi connectivity index (χ2n) is 7.72. The summed E-state index contributed by atoms with van der Waals surface area (Å²) in [6, 6.07) is 6.03. The number of carboxylic acid groups (broad SMARTS) is 2. The molecule has 8 nitrogen and oxygen atoms in total. The summed E-state index contributed by atoms with van der Waals surface area (Å²) >= 11 is 1.77. The summed E-state index contributed by atoms with van der Waals surface area (Å²) in [4.78, 5) is 24.3. The van der Waals surface area contributed by atoms with Crippen LogP contribution in [0, 0.1) is 11.8 Å². The third-order valence-electron chi connectivity index (χ3n) is 5.10. The summed E-state index contributed by atoms with van der Waals surface area (Å²) in [5.41, 5.74) is 1.41. The van der Waals surface area contributed by atoms with Crippen molar-refractivity contribution in [2.75, 3.05) is 26.3 Å². The van der Waals surface area contributed by atoms with Crippen LogP contribution in [0.3, 0.4) is 0 Å². The molecule has 0 unspecified atom stereocenters. The van der Waals surface area contributed by atoms with Gasteiger partial charge in [0.05, 0.1) is 19.3 Å². The fraction of sp³-hybridized carbons (Fsp3) is 0.476. The van der Waals surface area contributed by atoms with Gasteiger partial charge in [0, 0.05) is 43.9 Å². The van der Waals surface area contributed by atoms with Gasteiger partial charge in [-0.05, 0) is 34.5 Å². The Hall–Kier alpha value is -2.91. The maximum atomic E-state index is 10.6. The van der Waals surface area contributed by atoms with E-state index in [0.717, 1.165) is 38.6 Å². The van der Waals surface area contributed by atoms with Crippen molar-refractivity contribution < 1.29 is 55.6 Å². The molecule has 0 aromatic carbocycles. The summed E-state index contributed by atoms with van der Waals surface area (Å²) in [7, 11) is 0. The Kier molecular flexibility index (Phi) is 10.5. The van der Waals surface area contributed by atoms with Gasteiger partial charge in [-0.25, -0.2) is 9.59 Å². The minimum atomic E-state index is -5.08. The molecule has 200 valence electrons. The van der Waals surface area contributed by atoms with Crippen LogP contribution < -0.4 is 4.74 Å². The van der Waals surface area contributed by atoms with Crippen molar-refractivity contribution in [3.63, 3.8) is 0 Å². The molecule has 2 aromatic heterocycles. The minimum absolute atomic E-state index is 0.379. The molecule has 0 bridgehead atoms. The smallest absolute Gasteiger partial charge is 0.490 e. The number of alkyl halides is 6. The summed E-state index contributed by atoms with van der Waals surface area (Å²) < 4.78 is 75.4. The zero-order chi connectivity index (χ0) is 26.9. The molecule has 0 saturated carbocycles. The molecule has 2 aromatic rings. The number of aromatic nitrogens is 1. The average molecular weight is 544 g/mol. The van der Waals surface area contributed by atoms with Crippen molar-refractivity contribution in [3.8, 4) is 5.75 Å². The van der Waals surface area contributed by atoms with Gasteiger partial charge in [-0.1, -0.05) is 0 Å². The van der Waals surface area contributed by atoms with Crippen molar-refractivity contribution in [1.82, 2.24) is 9.88 Å². The molecule has 2 fully saturated rings. The number of halogens is 6. The van der Waals surface area contributed by atoms with Crippen LogP contribution in [0.1, 0.15) is 5.56 Å². The molecular weight excluding hydrogens is 522 g/mol. The molecule has 2 saturated heterocycles. The van der Waals surface area contributed by atoms with Crippen LogP contribution >= 0.6 is 11.3 Å². The van der Waals surface area contributed by atoms with E-state index < -0.39 is 24.3 Å². The van der Waals surface area contributed by atoms with Crippen LogP contribution in [0.15, 0.2) is 41.4 Å². The van der Waals surface area contributed by atoms with Gasteiger partial charge in [-0.15, -0.1) is 0 Å². The van der Waals surface area contributed by atoms with Gasteiger partial charge in [-0.3, -0.25) is 9.88 Å². The molecular formula is C21H22F6N2O6S. The normalized spacial score (nSPS) is 21.4. The molecule has 15 heteroatoms. The van der Waals surface area contributed by atoms with Crippen molar-refractivity contribution in [2.45, 2.75) is 25.0 Å². The van der Waals surface area contributed by atoms with E-state index in [9.17, 15) is 26.3 Å². The first-order valence-corrected chi connectivity index (χ1v) is 11.2. The number of carbonyl (C=O) groups is 2. The first kappa shape index (κ1) is 29.3. The summed E-state index contributed by atoms with van der Waals surface area (Å²) in [6.45, 7) is 4.76. The van der Waals surface area contributed by atoms with E-state index in [1.807, 2.05) is 12.1 Å². The van der Waals surface area contributed by atoms with E-state index in [4.69, 9.17) is 29.3 Å². The number of carboxylic acids is 2. The number of hydrogen-bond donors (Lipinski definition) is 2. The quantitative estimate of drug-likeness (QED) is 0.545. The number of nitrogens with zero attached hydrogens (tertiary/aromatic N) is 2.